The number of rotatable bonds is 4. The number of hydrogen-bond acceptors (Lipinski definition) is 5. The SMILES string of the molecule is CCOC(=O)c1c(CO)cccc1NN. The zero-order chi connectivity index (χ0) is 11.3. The number of nitrogens with one attached hydrogen (secondary N) is 1. The molecule has 0 spiro atoms. The number of nitrogens with two attached hydrogens (primary N) is 1. The maximum Gasteiger partial charge on any atom is 0.340 e. The predicted molar refractivity (Wildman–Crippen MR) is 56.1 cm³/mol. The Labute approximate surface area is 87.8 Å². The number of carbonyl (C=O) groups is 1. The molecule has 0 bridgehead atoms. The fourth-order valence-corrected chi connectivity index (χ4v) is 1.30. The van der Waals surface area contributed by atoms with Crippen LogP contribution in [0.4, 0.5) is 5.69 Å². The average molecular weight is 210 g/mol. The van der Waals surface area contributed by atoms with E-state index in [9.17, 15) is 4.79 Å². The van der Waals surface area contributed by atoms with Gasteiger partial charge in [-0.3, -0.25) is 5.84 Å². The number of aliphatic hydroxyl groups is 1. The van der Waals surface area contributed by atoms with Crippen LogP contribution in [0.3, 0.4) is 0 Å². The third kappa shape index (κ3) is 2.45. The van der Waals surface area contributed by atoms with E-state index in [1.54, 1.807) is 25.1 Å². The third-order valence-corrected chi connectivity index (χ3v) is 1.96. The fourth-order valence-electron chi connectivity index (χ4n) is 1.30. The molecule has 0 aliphatic rings. The second-order valence-electron chi connectivity index (χ2n) is 2.86. The monoisotopic (exact) mass is 210 g/mol. The maximum atomic E-state index is 11.6. The molecule has 0 unspecified atom stereocenters. The van der Waals surface area contributed by atoms with Gasteiger partial charge in [0.1, 0.15) is 0 Å². The Morgan fingerprint density at radius 2 is 2.33 bits per heavy atom. The summed E-state index contributed by atoms with van der Waals surface area (Å²) >= 11 is 0. The Morgan fingerprint density at radius 1 is 1.60 bits per heavy atom. The van der Waals surface area contributed by atoms with Gasteiger partial charge in [0.15, 0.2) is 0 Å². The number of anilines is 1. The molecular formula is C10H14N2O3. The molecule has 82 valence electrons. The molecule has 1 aromatic rings. The molecule has 0 aromatic heterocycles. The van der Waals surface area contributed by atoms with Crippen LogP contribution < -0.4 is 11.3 Å². The van der Waals surface area contributed by atoms with Crippen LogP contribution in [-0.2, 0) is 11.3 Å². The van der Waals surface area contributed by atoms with E-state index in [2.05, 4.69) is 5.43 Å². The molecule has 1 aromatic carbocycles. The molecule has 1 rings (SSSR count). The van der Waals surface area contributed by atoms with Crippen LogP contribution >= 0.6 is 0 Å². The Balaban J connectivity index is 3.15. The van der Waals surface area contributed by atoms with Gasteiger partial charge in [-0.05, 0) is 18.6 Å². The molecule has 0 atom stereocenters. The molecule has 0 aliphatic carbocycles. The number of aliphatic hydroxyl groups excluding tert-OH is 1. The molecule has 4 N–H and O–H groups in total. The second-order valence-corrected chi connectivity index (χ2v) is 2.86. The highest BCUT2D eigenvalue weighted by Crippen LogP contribution is 2.20. The van der Waals surface area contributed by atoms with E-state index in [0.717, 1.165) is 0 Å². The first kappa shape index (κ1) is 11.5. The molecular weight excluding hydrogens is 196 g/mol. The lowest BCUT2D eigenvalue weighted by Crippen LogP contribution is -2.16. The lowest BCUT2D eigenvalue weighted by Gasteiger charge is -2.11. The van der Waals surface area contributed by atoms with Crippen LogP contribution in [-0.4, -0.2) is 17.7 Å². The minimum Gasteiger partial charge on any atom is -0.462 e. The fraction of sp³-hybridized carbons (Fsp3) is 0.300. The van der Waals surface area contributed by atoms with Crippen molar-refractivity contribution in [3.05, 3.63) is 29.3 Å². The van der Waals surface area contributed by atoms with Crippen molar-refractivity contribution in [3.8, 4) is 0 Å². The van der Waals surface area contributed by atoms with Crippen molar-refractivity contribution < 1.29 is 14.6 Å². The van der Waals surface area contributed by atoms with E-state index in [1.165, 1.54) is 0 Å². The van der Waals surface area contributed by atoms with E-state index in [1.807, 2.05) is 0 Å². The minimum absolute atomic E-state index is 0.232. The lowest BCUT2D eigenvalue weighted by molar-refractivity contribution is 0.0524. The molecule has 0 fully saturated rings. The highest BCUT2D eigenvalue weighted by Gasteiger charge is 2.16. The second kappa shape index (κ2) is 5.33. The topological polar surface area (TPSA) is 84.6 Å². The molecule has 0 radical (unpaired) electrons. The Hall–Kier alpha value is -1.59. The summed E-state index contributed by atoms with van der Waals surface area (Å²) in [5.41, 5.74) is 3.61. The molecule has 0 saturated heterocycles. The van der Waals surface area contributed by atoms with Crippen LogP contribution in [0.5, 0.6) is 0 Å². The Bertz CT molecular complexity index is 330. The van der Waals surface area contributed by atoms with Crippen molar-refractivity contribution in [1.29, 1.82) is 0 Å². The number of carbonyl (C=O) groups excluding carboxylic acids is 1. The summed E-state index contributed by atoms with van der Waals surface area (Å²) in [5.74, 6) is 4.78. The van der Waals surface area contributed by atoms with Crippen LogP contribution in [0.25, 0.3) is 0 Å². The van der Waals surface area contributed by atoms with Crippen LogP contribution in [0.1, 0.15) is 22.8 Å². The van der Waals surface area contributed by atoms with Gasteiger partial charge >= 0.3 is 5.97 Å². The first-order chi connectivity index (χ1) is 7.24. The summed E-state index contributed by atoms with van der Waals surface area (Å²) < 4.78 is 4.87. The molecule has 0 saturated carbocycles. The zero-order valence-corrected chi connectivity index (χ0v) is 8.49. The summed E-state index contributed by atoms with van der Waals surface area (Å²) in [7, 11) is 0. The molecule has 5 heteroatoms. The molecule has 0 amide bonds. The van der Waals surface area contributed by atoms with Gasteiger partial charge in [0.2, 0.25) is 0 Å². The van der Waals surface area contributed by atoms with Gasteiger partial charge in [-0.15, -0.1) is 0 Å². The van der Waals surface area contributed by atoms with Crippen molar-refractivity contribution in [2.75, 3.05) is 12.0 Å². The Morgan fingerprint density at radius 3 is 2.87 bits per heavy atom. The minimum atomic E-state index is -0.491. The predicted octanol–water partition coefficient (Wildman–Crippen LogP) is 0.641. The lowest BCUT2D eigenvalue weighted by atomic mass is 10.1. The van der Waals surface area contributed by atoms with Crippen molar-refractivity contribution in [3.63, 3.8) is 0 Å². The first-order valence-electron chi connectivity index (χ1n) is 4.61. The Kier molecular flexibility index (Phi) is 4.08. The zero-order valence-electron chi connectivity index (χ0n) is 8.49. The van der Waals surface area contributed by atoms with Gasteiger partial charge in [-0.25, -0.2) is 4.79 Å². The van der Waals surface area contributed by atoms with Crippen molar-refractivity contribution in [2.45, 2.75) is 13.5 Å². The highest BCUT2D eigenvalue weighted by molar-refractivity contribution is 5.97. The van der Waals surface area contributed by atoms with Gasteiger partial charge in [-0.1, -0.05) is 12.1 Å². The largest absolute Gasteiger partial charge is 0.462 e. The quantitative estimate of drug-likeness (QED) is 0.386. The van der Waals surface area contributed by atoms with Gasteiger partial charge in [0, 0.05) is 0 Å². The van der Waals surface area contributed by atoms with Crippen molar-refractivity contribution >= 4 is 11.7 Å². The van der Waals surface area contributed by atoms with Crippen molar-refractivity contribution in [2.24, 2.45) is 5.84 Å². The summed E-state index contributed by atoms with van der Waals surface area (Å²) in [6.45, 7) is 1.77. The maximum absolute atomic E-state index is 11.6. The summed E-state index contributed by atoms with van der Waals surface area (Å²) in [5, 5.41) is 9.08. The number of hydrazine groups is 1. The number of nitrogen functional groups attached to an aromatic ring is 1. The molecule has 0 heterocycles. The third-order valence-electron chi connectivity index (χ3n) is 1.96. The van der Waals surface area contributed by atoms with Gasteiger partial charge in [0.25, 0.3) is 0 Å². The number of ether oxygens (including phenoxy) is 1. The number of hydrogen-bond donors (Lipinski definition) is 3. The smallest absolute Gasteiger partial charge is 0.340 e. The first-order valence-corrected chi connectivity index (χ1v) is 4.61. The molecule has 5 nitrogen and oxygen atoms in total. The van der Waals surface area contributed by atoms with Gasteiger partial charge in [0.05, 0.1) is 24.5 Å². The summed E-state index contributed by atoms with van der Waals surface area (Å²) in [6.07, 6.45) is 0. The standard InChI is InChI=1S/C10H14N2O3/c1-2-15-10(14)9-7(6-13)4-3-5-8(9)12-11/h3-5,12-13H,2,6,11H2,1H3. The molecule has 0 aliphatic heterocycles. The average Bonchev–Trinajstić information content (AvgIpc) is 2.28. The van der Waals surface area contributed by atoms with E-state index >= 15 is 0 Å². The highest BCUT2D eigenvalue weighted by atomic mass is 16.5. The molecule has 15 heavy (non-hydrogen) atoms. The summed E-state index contributed by atoms with van der Waals surface area (Å²) in [6, 6.07) is 4.99. The van der Waals surface area contributed by atoms with Gasteiger partial charge < -0.3 is 15.3 Å². The van der Waals surface area contributed by atoms with E-state index in [4.69, 9.17) is 15.7 Å². The van der Waals surface area contributed by atoms with E-state index in [-0.39, 0.29) is 18.8 Å². The van der Waals surface area contributed by atoms with E-state index < -0.39 is 5.97 Å². The summed E-state index contributed by atoms with van der Waals surface area (Å²) in [4.78, 5) is 11.6. The van der Waals surface area contributed by atoms with Crippen LogP contribution in [0.15, 0.2) is 18.2 Å². The number of benzene rings is 1. The van der Waals surface area contributed by atoms with Crippen LogP contribution in [0.2, 0.25) is 0 Å². The van der Waals surface area contributed by atoms with E-state index in [0.29, 0.717) is 11.3 Å². The number of esters is 1. The normalized spacial score (nSPS) is 9.80. The van der Waals surface area contributed by atoms with Crippen molar-refractivity contribution in [1.82, 2.24) is 0 Å². The van der Waals surface area contributed by atoms with Crippen LogP contribution in [0, 0.1) is 0 Å². The van der Waals surface area contributed by atoms with Gasteiger partial charge in [-0.2, -0.15) is 0 Å².